The summed E-state index contributed by atoms with van der Waals surface area (Å²) in [4.78, 5) is 24.4. The first kappa shape index (κ1) is 16.7. The molecule has 0 aromatic rings. The number of carboxylic acid groups (broad SMARTS) is 1. The van der Waals surface area contributed by atoms with Crippen LogP contribution >= 0.6 is 0 Å². The quantitative estimate of drug-likeness (QED) is 0.476. The van der Waals surface area contributed by atoms with Crippen molar-refractivity contribution >= 4 is 11.9 Å². The average Bonchev–Trinajstić information content (AvgIpc) is 2.46. The van der Waals surface area contributed by atoms with Gasteiger partial charge in [-0.25, -0.2) is 0 Å². The van der Waals surface area contributed by atoms with E-state index in [0.29, 0.717) is 45.7 Å². The lowest BCUT2D eigenvalue weighted by molar-refractivity contribution is -0.145. The van der Waals surface area contributed by atoms with Crippen molar-refractivity contribution in [3.63, 3.8) is 0 Å². The molecule has 1 fully saturated rings. The molecule has 114 valence electrons. The van der Waals surface area contributed by atoms with Crippen molar-refractivity contribution in [1.29, 1.82) is 0 Å². The van der Waals surface area contributed by atoms with Gasteiger partial charge in [-0.15, -0.1) is 6.58 Å². The maximum Gasteiger partial charge on any atom is 0.306 e. The minimum Gasteiger partial charge on any atom is -0.481 e. The number of carboxylic acids is 1. The largest absolute Gasteiger partial charge is 0.481 e. The highest BCUT2D eigenvalue weighted by Gasteiger charge is 2.26. The van der Waals surface area contributed by atoms with Crippen LogP contribution in [0, 0.1) is 5.92 Å². The topological polar surface area (TPSA) is 78.9 Å². The summed E-state index contributed by atoms with van der Waals surface area (Å²) in [5, 5.41) is 11.9. The summed E-state index contributed by atoms with van der Waals surface area (Å²) in [6.45, 7) is 6.81. The van der Waals surface area contributed by atoms with Gasteiger partial charge in [-0.05, 0) is 19.3 Å². The zero-order valence-electron chi connectivity index (χ0n) is 11.8. The number of rotatable bonds is 9. The summed E-state index contributed by atoms with van der Waals surface area (Å²) in [6.07, 6.45) is 3.73. The molecule has 20 heavy (non-hydrogen) atoms. The molecule has 6 nitrogen and oxygen atoms in total. The maximum atomic E-state index is 11.9. The van der Waals surface area contributed by atoms with Gasteiger partial charge in [-0.2, -0.15) is 0 Å². The smallest absolute Gasteiger partial charge is 0.306 e. The Bertz CT molecular complexity index is 325. The number of amides is 1. The number of nitrogens with zero attached hydrogens (tertiary/aromatic N) is 1. The van der Waals surface area contributed by atoms with Crippen LogP contribution in [0.4, 0.5) is 0 Å². The van der Waals surface area contributed by atoms with E-state index in [2.05, 4.69) is 11.9 Å². The van der Waals surface area contributed by atoms with Crippen LogP contribution in [0.1, 0.15) is 19.3 Å². The van der Waals surface area contributed by atoms with Gasteiger partial charge in [0, 0.05) is 19.6 Å². The first-order valence-electron chi connectivity index (χ1n) is 7.05. The fourth-order valence-electron chi connectivity index (χ4n) is 2.10. The number of hydrogen-bond acceptors (Lipinski definition) is 4. The lowest BCUT2D eigenvalue weighted by atomic mass is 9.97. The number of ether oxygens (including phenoxy) is 1. The molecule has 6 heteroatoms. The van der Waals surface area contributed by atoms with Crippen molar-refractivity contribution in [3.05, 3.63) is 12.7 Å². The lowest BCUT2D eigenvalue weighted by Gasteiger charge is -2.30. The van der Waals surface area contributed by atoms with E-state index in [1.165, 1.54) is 0 Å². The van der Waals surface area contributed by atoms with E-state index in [4.69, 9.17) is 9.84 Å². The van der Waals surface area contributed by atoms with E-state index in [1.807, 2.05) is 0 Å². The molecule has 0 aliphatic carbocycles. The van der Waals surface area contributed by atoms with E-state index in [1.54, 1.807) is 11.0 Å². The monoisotopic (exact) mass is 284 g/mol. The van der Waals surface area contributed by atoms with Gasteiger partial charge >= 0.3 is 5.97 Å². The summed E-state index contributed by atoms with van der Waals surface area (Å²) >= 11 is 0. The molecular formula is C14H24N2O4. The van der Waals surface area contributed by atoms with Crippen molar-refractivity contribution in [2.24, 2.45) is 5.92 Å². The van der Waals surface area contributed by atoms with Crippen LogP contribution < -0.4 is 5.32 Å². The van der Waals surface area contributed by atoms with Crippen LogP contribution in [0.25, 0.3) is 0 Å². The second-order valence-corrected chi connectivity index (χ2v) is 4.86. The Morgan fingerprint density at radius 2 is 2.05 bits per heavy atom. The highest BCUT2D eigenvalue weighted by molar-refractivity contribution is 5.78. The van der Waals surface area contributed by atoms with Crippen LogP contribution in [-0.2, 0) is 14.3 Å². The van der Waals surface area contributed by atoms with Crippen LogP contribution in [0.2, 0.25) is 0 Å². The van der Waals surface area contributed by atoms with Crippen LogP contribution in [-0.4, -0.2) is 61.3 Å². The molecule has 0 bridgehead atoms. The number of likely N-dealkylation sites (tertiary alicyclic amines) is 1. The summed E-state index contributed by atoms with van der Waals surface area (Å²) in [5.41, 5.74) is 0. The van der Waals surface area contributed by atoms with Crippen LogP contribution in [0.15, 0.2) is 12.7 Å². The number of nitrogens with one attached hydrogen (secondary N) is 1. The number of piperidine rings is 1. The molecule has 1 aliphatic rings. The zero-order chi connectivity index (χ0) is 14.8. The minimum absolute atomic E-state index is 0.0277. The Morgan fingerprint density at radius 3 is 2.65 bits per heavy atom. The first-order valence-corrected chi connectivity index (χ1v) is 7.05. The Balaban J connectivity index is 2.06. The molecule has 0 saturated carbocycles. The van der Waals surface area contributed by atoms with Crippen LogP contribution in [0.5, 0.6) is 0 Å². The van der Waals surface area contributed by atoms with Crippen molar-refractivity contribution < 1.29 is 19.4 Å². The van der Waals surface area contributed by atoms with E-state index in [0.717, 1.165) is 6.42 Å². The second kappa shape index (κ2) is 9.50. The van der Waals surface area contributed by atoms with E-state index < -0.39 is 5.97 Å². The Morgan fingerprint density at radius 1 is 1.35 bits per heavy atom. The van der Waals surface area contributed by atoms with Crippen molar-refractivity contribution in [2.45, 2.75) is 19.3 Å². The zero-order valence-corrected chi connectivity index (χ0v) is 11.8. The number of aliphatic carboxylic acids is 1. The number of hydrogen-bond donors (Lipinski definition) is 2. The van der Waals surface area contributed by atoms with E-state index >= 15 is 0 Å². The molecule has 1 amide bonds. The van der Waals surface area contributed by atoms with Gasteiger partial charge in [0.2, 0.25) is 5.91 Å². The average molecular weight is 284 g/mol. The minimum atomic E-state index is -0.758. The van der Waals surface area contributed by atoms with Gasteiger partial charge < -0.3 is 20.1 Å². The molecule has 1 heterocycles. The van der Waals surface area contributed by atoms with Gasteiger partial charge in [-0.3, -0.25) is 9.59 Å². The third-order valence-electron chi connectivity index (χ3n) is 3.36. The standard InChI is InChI=1S/C14H24N2O4/c1-2-3-9-20-10-6-15-11-13(17)16-7-4-12(5-8-16)14(18)19/h2,12,15H,1,3-11H2,(H,18,19). The molecule has 0 aromatic heterocycles. The molecule has 0 atom stereocenters. The molecule has 1 saturated heterocycles. The summed E-state index contributed by atoms with van der Waals surface area (Å²) in [6, 6.07) is 0. The van der Waals surface area contributed by atoms with E-state index in [-0.39, 0.29) is 18.4 Å². The number of carbonyl (C=O) groups is 2. The molecular weight excluding hydrogens is 260 g/mol. The van der Waals surface area contributed by atoms with Gasteiger partial charge in [-0.1, -0.05) is 6.08 Å². The van der Waals surface area contributed by atoms with Gasteiger partial charge in [0.05, 0.1) is 25.7 Å². The molecule has 0 spiro atoms. The van der Waals surface area contributed by atoms with Gasteiger partial charge in [0.25, 0.3) is 0 Å². The molecule has 0 aromatic carbocycles. The van der Waals surface area contributed by atoms with Crippen LogP contribution in [0.3, 0.4) is 0 Å². The lowest BCUT2D eigenvalue weighted by Crippen LogP contribution is -2.44. The molecule has 1 rings (SSSR count). The summed E-state index contributed by atoms with van der Waals surface area (Å²) in [5.74, 6) is -1.03. The van der Waals surface area contributed by atoms with Gasteiger partial charge in [0.15, 0.2) is 0 Å². The van der Waals surface area contributed by atoms with E-state index in [9.17, 15) is 9.59 Å². The molecule has 0 unspecified atom stereocenters. The highest BCUT2D eigenvalue weighted by Crippen LogP contribution is 2.16. The summed E-state index contributed by atoms with van der Waals surface area (Å²) < 4.78 is 5.32. The Hall–Kier alpha value is -1.40. The maximum absolute atomic E-state index is 11.9. The Labute approximate surface area is 119 Å². The predicted molar refractivity (Wildman–Crippen MR) is 75.4 cm³/mol. The Kier molecular flexibility index (Phi) is 7.91. The first-order chi connectivity index (χ1) is 9.65. The molecule has 0 radical (unpaired) electrons. The van der Waals surface area contributed by atoms with Crippen molar-refractivity contribution in [3.8, 4) is 0 Å². The van der Waals surface area contributed by atoms with Crippen molar-refractivity contribution in [2.75, 3.05) is 39.4 Å². The third kappa shape index (κ3) is 6.16. The second-order valence-electron chi connectivity index (χ2n) is 4.86. The SMILES string of the molecule is C=CCCOCCNCC(=O)N1CCC(C(=O)O)CC1. The normalized spacial score (nSPS) is 16.1. The summed E-state index contributed by atoms with van der Waals surface area (Å²) in [7, 11) is 0. The predicted octanol–water partition coefficient (Wildman–Crippen LogP) is 0.492. The molecule has 2 N–H and O–H groups in total. The fourth-order valence-corrected chi connectivity index (χ4v) is 2.10. The molecule has 1 aliphatic heterocycles. The fraction of sp³-hybridized carbons (Fsp3) is 0.714. The highest BCUT2D eigenvalue weighted by atomic mass is 16.5. The van der Waals surface area contributed by atoms with Crippen molar-refractivity contribution in [1.82, 2.24) is 10.2 Å². The van der Waals surface area contributed by atoms with Gasteiger partial charge in [0.1, 0.15) is 0 Å². The number of carbonyl (C=O) groups excluding carboxylic acids is 1. The third-order valence-corrected chi connectivity index (χ3v) is 3.36.